The third kappa shape index (κ3) is 3.22. The third-order valence-corrected chi connectivity index (χ3v) is 2.51. The SMILES string of the molecule is CC(C)(C)OC(=O)CC(=O)c1coc2ccccc12. The molecule has 0 N–H and O–H groups in total. The van der Waals surface area contributed by atoms with E-state index in [1.807, 2.05) is 12.1 Å². The van der Waals surface area contributed by atoms with E-state index in [2.05, 4.69) is 0 Å². The molecule has 0 unspecified atom stereocenters. The van der Waals surface area contributed by atoms with E-state index < -0.39 is 11.6 Å². The molecule has 0 aliphatic rings. The second-order valence-corrected chi connectivity index (χ2v) is 5.33. The number of para-hydroxylation sites is 1. The van der Waals surface area contributed by atoms with E-state index in [0.29, 0.717) is 11.1 Å². The topological polar surface area (TPSA) is 56.5 Å². The van der Waals surface area contributed by atoms with Crippen molar-refractivity contribution in [3.63, 3.8) is 0 Å². The monoisotopic (exact) mass is 260 g/mol. The first-order valence-corrected chi connectivity index (χ1v) is 6.08. The van der Waals surface area contributed by atoms with Gasteiger partial charge in [0.05, 0.1) is 5.56 Å². The largest absolute Gasteiger partial charge is 0.464 e. The first-order chi connectivity index (χ1) is 8.87. The van der Waals surface area contributed by atoms with Crippen LogP contribution in [-0.4, -0.2) is 17.4 Å². The van der Waals surface area contributed by atoms with Gasteiger partial charge in [-0.15, -0.1) is 0 Å². The van der Waals surface area contributed by atoms with Crippen molar-refractivity contribution in [1.29, 1.82) is 0 Å². The van der Waals surface area contributed by atoms with Gasteiger partial charge in [0, 0.05) is 5.39 Å². The van der Waals surface area contributed by atoms with Crippen molar-refractivity contribution >= 4 is 22.7 Å². The number of Topliss-reactive ketones (excluding diaryl/α,β-unsaturated/α-hetero) is 1. The van der Waals surface area contributed by atoms with Crippen molar-refractivity contribution in [3.05, 3.63) is 36.1 Å². The Morgan fingerprint density at radius 2 is 1.89 bits per heavy atom. The molecule has 0 amide bonds. The summed E-state index contributed by atoms with van der Waals surface area (Å²) in [6, 6.07) is 7.22. The molecule has 0 saturated carbocycles. The summed E-state index contributed by atoms with van der Waals surface area (Å²) in [4.78, 5) is 23.7. The molecule has 0 fully saturated rings. The average molecular weight is 260 g/mol. The van der Waals surface area contributed by atoms with E-state index in [-0.39, 0.29) is 12.2 Å². The third-order valence-electron chi connectivity index (χ3n) is 2.51. The van der Waals surface area contributed by atoms with Gasteiger partial charge in [0.15, 0.2) is 5.78 Å². The molecule has 0 bridgehead atoms. The highest BCUT2D eigenvalue weighted by Crippen LogP contribution is 2.22. The van der Waals surface area contributed by atoms with Crippen LogP contribution >= 0.6 is 0 Å². The Bertz CT molecular complexity index is 616. The number of hydrogen-bond acceptors (Lipinski definition) is 4. The van der Waals surface area contributed by atoms with Gasteiger partial charge < -0.3 is 9.15 Å². The van der Waals surface area contributed by atoms with Crippen molar-refractivity contribution < 1.29 is 18.7 Å². The zero-order valence-corrected chi connectivity index (χ0v) is 11.2. The number of carbonyl (C=O) groups is 2. The summed E-state index contributed by atoms with van der Waals surface area (Å²) in [7, 11) is 0. The van der Waals surface area contributed by atoms with Crippen molar-refractivity contribution in [2.75, 3.05) is 0 Å². The Kier molecular flexibility index (Phi) is 3.42. The number of esters is 1. The van der Waals surface area contributed by atoms with E-state index in [1.165, 1.54) is 6.26 Å². The average Bonchev–Trinajstić information content (AvgIpc) is 2.69. The van der Waals surface area contributed by atoms with Crippen LogP contribution in [0.25, 0.3) is 11.0 Å². The van der Waals surface area contributed by atoms with Gasteiger partial charge in [-0.1, -0.05) is 18.2 Å². The quantitative estimate of drug-likeness (QED) is 0.482. The number of benzene rings is 1. The van der Waals surface area contributed by atoms with Crippen molar-refractivity contribution in [2.24, 2.45) is 0 Å². The van der Waals surface area contributed by atoms with Gasteiger partial charge in [0.2, 0.25) is 0 Å². The van der Waals surface area contributed by atoms with Gasteiger partial charge in [-0.2, -0.15) is 0 Å². The van der Waals surface area contributed by atoms with E-state index >= 15 is 0 Å². The van der Waals surface area contributed by atoms with E-state index in [0.717, 1.165) is 5.39 Å². The Labute approximate surface area is 111 Å². The van der Waals surface area contributed by atoms with Crippen LogP contribution in [0.4, 0.5) is 0 Å². The lowest BCUT2D eigenvalue weighted by Crippen LogP contribution is -2.25. The molecule has 2 aromatic rings. The molecule has 4 heteroatoms. The predicted octanol–water partition coefficient (Wildman–Crippen LogP) is 3.35. The molecule has 1 heterocycles. The van der Waals surface area contributed by atoms with Crippen LogP contribution in [0.3, 0.4) is 0 Å². The van der Waals surface area contributed by atoms with Crippen molar-refractivity contribution in [2.45, 2.75) is 32.8 Å². The number of ketones is 1. The van der Waals surface area contributed by atoms with Crippen molar-refractivity contribution in [1.82, 2.24) is 0 Å². The Morgan fingerprint density at radius 3 is 2.58 bits per heavy atom. The minimum atomic E-state index is -0.587. The Morgan fingerprint density at radius 1 is 1.21 bits per heavy atom. The van der Waals surface area contributed by atoms with Crippen LogP contribution in [0.1, 0.15) is 37.6 Å². The summed E-state index contributed by atoms with van der Waals surface area (Å²) in [6.45, 7) is 5.30. The summed E-state index contributed by atoms with van der Waals surface area (Å²) in [5, 5.41) is 0.719. The lowest BCUT2D eigenvalue weighted by atomic mass is 10.1. The summed E-state index contributed by atoms with van der Waals surface area (Å²) in [5.41, 5.74) is 0.465. The van der Waals surface area contributed by atoms with Gasteiger partial charge in [-0.25, -0.2) is 0 Å². The van der Waals surface area contributed by atoms with Gasteiger partial charge in [-0.05, 0) is 26.8 Å². The number of furan rings is 1. The zero-order chi connectivity index (χ0) is 14.0. The smallest absolute Gasteiger partial charge is 0.314 e. The van der Waals surface area contributed by atoms with Crippen LogP contribution in [0, 0.1) is 0 Å². The molecule has 0 atom stereocenters. The molecule has 1 aromatic carbocycles. The second-order valence-electron chi connectivity index (χ2n) is 5.33. The molecule has 0 aliphatic heterocycles. The van der Waals surface area contributed by atoms with Gasteiger partial charge in [-0.3, -0.25) is 9.59 Å². The summed E-state index contributed by atoms with van der Waals surface area (Å²) >= 11 is 0. The maximum absolute atomic E-state index is 12.1. The highest BCUT2D eigenvalue weighted by atomic mass is 16.6. The molecule has 0 aliphatic carbocycles. The molecule has 0 spiro atoms. The second kappa shape index (κ2) is 4.88. The van der Waals surface area contributed by atoms with Crippen LogP contribution in [0.2, 0.25) is 0 Å². The fourth-order valence-corrected chi connectivity index (χ4v) is 1.80. The highest BCUT2D eigenvalue weighted by molar-refractivity contribution is 6.12. The molecule has 100 valence electrons. The Balaban J connectivity index is 2.14. The summed E-state index contributed by atoms with van der Waals surface area (Å²) < 4.78 is 10.4. The maximum atomic E-state index is 12.1. The van der Waals surface area contributed by atoms with Gasteiger partial charge in [0.1, 0.15) is 23.9 Å². The molecule has 0 radical (unpaired) electrons. The number of rotatable bonds is 3. The van der Waals surface area contributed by atoms with E-state index in [1.54, 1.807) is 32.9 Å². The highest BCUT2D eigenvalue weighted by Gasteiger charge is 2.21. The summed E-state index contributed by atoms with van der Waals surface area (Å²) in [6.07, 6.45) is 1.11. The lowest BCUT2D eigenvalue weighted by Gasteiger charge is -2.19. The standard InChI is InChI=1S/C15H16O4/c1-15(2,3)19-14(17)8-12(16)11-9-18-13-7-5-4-6-10(11)13/h4-7,9H,8H2,1-3H3. The minimum Gasteiger partial charge on any atom is -0.464 e. The number of ether oxygens (including phenoxy) is 1. The Hall–Kier alpha value is -2.10. The molecule has 19 heavy (non-hydrogen) atoms. The molecule has 0 saturated heterocycles. The van der Waals surface area contributed by atoms with Crippen LogP contribution in [0.5, 0.6) is 0 Å². The fraction of sp³-hybridized carbons (Fsp3) is 0.333. The predicted molar refractivity (Wildman–Crippen MR) is 71.0 cm³/mol. The summed E-state index contributed by atoms with van der Waals surface area (Å²) in [5.74, 6) is -0.818. The number of carbonyl (C=O) groups excluding carboxylic acids is 2. The normalized spacial score (nSPS) is 11.5. The molecule has 4 nitrogen and oxygen atoms in total. The van der Waals surface area contributed by atoms with E-state index in [4.69, 9.17) is 9.15 Å². The lowest BCUT2D eigenvalue weighted by molar-refractivity contribution is -0.153. The fourth-order valence-electron chi connectivity index (χ4n) is 1.80. The maximum Gasteiger partial charge on any atom is 0.314 e. The molecular weight excluding hydrogens is 244 g/mol. The van der Waals surface area contributed by atoms with Gasteiger partial charge in [0.25, 0.3) is 0 Å². The first kappa shape index (κ1) is 13.3. The molecule has 2 rings (SSSR count). The van der Waals surface area contributed by atoms with Crippen LogP contribution in [-0.2, 0) is 9.53 Å². The minimum absolute atomic E-state index is 0.277. The van der Waals surface area contributed by atoms with Crippen LogP contribution in [0.15, 0.2) is 34.9 Å². The number of hydrogen-bond donors (Lipinski definition) is 0. The van der Waals surface area contributed by atoms with Crippen LogP contribution < -0.4 is 0 Å². The molecular formula is C15H16O4. The van der Waals surface area contributed by atoms with Gasteiger partial charge >= 0.3 is 5.97 Å². The number of fused-ring (bicyclic) bond motifs is 1. The molecule has 1 aromatic heterocycles. The van der Waals surface area contributed by atoms with Crippen molar-refractivity contribution in [3.8, 4) is 0 Å². The zero-order valence-electron chi connectivity index (χ0n) is 11.2. The van der Waals surface area contributed by atoms with E-state index in [9.17, 15) is 9.59 Å². The first-order valence-electron chi connectivity index (χ1n) is 6.08.